The predicted molar refractivity (Wildman–Crippen MR) is 75.3 cm³/mol. The van der Waals surface area contributed by atoms with Crippen molar-refractivity contribution in [1.82, 2.24) is 34.7 Å². The Morgan fingerprint density at radius 1 is 1.29 bits per heavy atom. The third-order valence-electron chi connectivity index (χ3n) is 2.97. The fourth-order valence-electron chi connectivity index (χ4n) is 2.05. The molecule has 0 aromatic carbocycles. The Hall–Kier alpha value is -2.55. The van der Waals surface area contributed by atoms with E-state index in [0.717, 1.165) is 15.6 Å². The SMILES string of the molecule is Brc1cccn2ncc(-c3nc(Cn4ccnn4)no3)c12. The molecule has 0 fully saturated rings. The highest BCUT2D eigenvalue weighted by atomic mass is 79.9. The summed E-state index contributed by atoms with van der Waals surface area (Å²) in [5.74, 6) is 0.953. The van der Waals surface area contributed by atoms with Crippen molar-refractivity contribution in [3.05, 3.63) is 47.2 Å². The second-order valence-electron chi connectivity index (χ2n) is 4.32. The van der Waals surface area contributed by atoms with Crippen molar-refractivity contribution in [2.24, 2.45) is 0 Å². The lowest BCUT2D eigenvalue weighted by Gasteiger charge is -1.96. The molecule has 4 aromatic rings. The van der Waals surface area contributed by atoms with Crippen LogP contribution in [-0.4, -0.2) is 34.7 Å². The molecule has 9 heteroatoms. The van der Waals surface area contributed by atoms with Crippen molar-refractivity contribution in [3.8, 4) is 11.5 Å². The number of halogens is 1. The van der Waals surface area contributed by atoms with E-state index in [4.69, 9.17) is 4.52 Å². The Morgan fingerprint density at radius 2 is 2.24 bits per heavy atom. The van der Waals surface area contributed by atoms with Crippen LogP contribution in [0.2, 0.25) is 0 Å². The Morgan fingerprint density at radius 3 is 3.10 bits per heavy atom. The van der Waals surface area contributed by atoms with Gasteiger partial charge in [0.2, 0.25) is 0 Å². The lowest BCUT2D eigenvalue weighted by atomic mass is 10.2. The highest BCUT2D eigenvalue weighted by Gasteiger charge is 2.16. The van der Waals surface area contributed by atoms with Gasteiger partial charge in [0.25, 0.3) is 5.89 Å². The third-order valence-corrected chi connectivity index (χ3v) is 3.61. The van der Waals surface area contributed by atoms with E-state index < -0.39 is 0 Å². The van der Waals surface area contributed by atoms with Gasteiger partial charge in [-0.25, -0.2) is 9.20 Å². The molecule has 0 saturated carbocycles. The van der Waals surface area contributed by atoms with E-state index in [1.807, 2.05) is 18.3 Å². The smallest absolute Gasteiger partial charge is 0.261 e. The van der Waals surface area contributed by atoms with E-state index in [1.165, 1.54) is 0 Å². The molecule has 21 heavy (non-hydrogen) atoms. The first-order valence-electron chi connectivity index (χ1n) is 6.10. The summed E-state index contributed by atoms with van der Waals surface area (Å²) in [6.45, 7) is 0.407. The molecule has 0 bridgehead atoms. The van der Waals surface area contributed by atoms with Crippen molar-refractivity contribution in [3.63, 3.8) is 0 Å². The van der Waals surface area contributed by atoms with Crippen molar-refractivity contribution in [2.75, 3.05) is 0 Å². The molecule has 0 unspecified atom stereocenters. The van der Waals surface area contributed by atoms with Gasteiger partial charge in [0.15, 0.2) is 5.82 Å². The quantitative estimate of drug-likeness (QED) is 0.562. The van der Waals surface area contributed by atoms with Crippen LogP contribution >= 0.6 is 15.9 Å². The van der Waals surface area contributed by atoms with Crippen LogP contribution in [0.25, 0.3) is 17.0 Å². The molecule has 0 aliphatic heterocycles. The first-order chi connectivity index (χ1) is 10.3. The van der Waals surface area contributed by atoms with Gasteiger partial charge in [-0.1, -0.05) is 10.4 Å². The zero-order valence-electron chi connectivity index (χ0n) is 10.6. The Bertz CT molecular complexity index is 896. The summed E-state index contributed by atoms with van der Waals surface area (Å²) in [4.78, 5) is 4.38. The van der Waals surface area contributed by atoms with Crippen molar-refractivity contribution in [1.29, 1.82) is 0 Å². The normalized spacial score (nSPS) is 11.3. The van der Waals surface area contributed by atoms with Gasteiger partial charge in [0, 0.05) is 16.9 Å². The maximum Gasteiger partial charge on any atom is 0.261 e. The molecule has 0 aliphatic rings. The standard InChI is InChI=1S/C12H8BrN7O/c13-9-2-1-4-20-11(9)8(6-15-20)12-16-10(17-21-12)7-19-5-3-14-18-19/h1-6H,7H2. The average Bonchev–Trinajstić information content (AvgIpc) is 3.19. The van der Waals surface area contributed by atoms with Gasteiger partial charge in [0.1, 0.15) is 6.54 Å². The molecule has 4 aromatic heterocycles. The summed E-state index contributed by atoms with van der Waals surface area (Å²) < 4.78 is 9.61. The van der Waals surface area contributed by atoms with Gasteiger partial charge in [-0.3, -0.25) is 0 Å². The van der Waals surface area contributed by atoms with Gasteiger partial charge >= 0.3 is 0 Å². The zero-order valence-corrected chi connectivity index (χ0v) is 12.2. The van der Waals surface area contributed by atoms with Gasteiger partial charge in [-0.15, -0.1) is 5.10 Å². The van der Waals surface area contributed by atoms with Crippen molar-refractivity contribution >= 4 is 21.4 Å². The van der Waals surface area contributed by atoms with Gasteiger partial charge in [0.05, 0.1) is 23.5 Å². The van der Waals surface area contributed by atoms with Crippen LogP contribution < -0.4 is 0 Å². The minimum absolute atomic E-state index is 0.407. The molecular weight excluding hydrogens is 338 g/mol. The fourth-order valence-corrected chi connectivity index (χ4v) is 2.60. The van der Waals surface area contributed by atoms with Gasteiger partial charge in [-0.05, 0) is 28.1 Å². The zero-order chi connectivity index (χ0) is 14.2. The van der Waals surface area contributed by atoms with Crippen LogP contribution in [0.3, 0.4) is 0 Å². The van der Waals surface area contributed by atoms with E-state index in [2.05, 4.69) is 41.5 Å². The lowest BCUT2D eigenvalue weighted by Crippen LogP contribution is -2.02. The summed E-state index contributed by atoms with van der Waals surface area (Å²) in [6.07, 6.45) is 6.90. The monoisotopic (exact) mass is 345 g/mol. The summed E-state index contributed by atoms with van der Waals surface area (Å²) in [6, 6.07) is 3.84. The second kappa shape index (κ2) is 4.77. The second-order valence-corrected chi connectivity index (χ2v) is 5.18. The molecule has 8 nitrogen and oxygen atoms in total. The molecule has 0 amide bonds. The van der Waals surface area contributed by atoms with Crippen LogP contribution in [-0.2, 0) is 6.54 Å². The van der Waals surface area contributed by atoms with Crippen LogP contribution in [0, 0.1) is 0 Å². The first-order valence-corrected chi connectivity index (χ1v) is 6.89. The van der Waals surface area contributed by atoms with E-state index in [9.17, 15) is 0 Å². The molecule has 4 rings (SSSR count). The Balaban J connectivity index is 1.74. The largest absolute Gasteiger partial charge is 0.334 e. The summed E-state index contributed by atoms with van der Waals surface area (Å²) in [5, 5.41) is 15.8. The molecular formula is C12H8BrN7O. The number of rotatable bonds is 3. The molecule has 0 atom stereocenters. The van der Waals surface area contributed by atoms with Crippen molar-refractivity contribution in [2.45, 2.75) is 6.54 Å². The van der Waals surface area contributed by atoms with Crippen LogP contribution in [0.5, 0.6) is 0 Å². The number of aromatic nitrogens is 7. The summed E-state index contributed by atoms with van der Waals surface area (Å²) in [7, 11) is 0. The van der Waals surface area contributed by atoms with Crippen molar-refractivity contribution < 1.29 is 4.52 Å². The number of fused-ring (bicyclic) bond motifs is 1. The predicted octanol–water partition coefficient (Wildman–Crippen LogP) is 1.79. The van der Waals surface area contributed by atoms with Crippen LogP contribution in [0.15, 0.2) is 45.9 Å². The molecule has 0 spiro atoms. The van der Waals surface area contributed by atoms with E-state index in [1.54, 1.807) is 27.8 Å². The number of hydrogen-bond donors (Lipinski definition) is 0. The molecule has 0 aliphatic carbocycles. The number of hydrogen-bond acceptors (Lipinski definition) is 6. The van der Waals surface area contributed by atoms with E-state index in [0.29, 0.717) is 18.3 Å². The maximum atomic E-state index is 5.32. The summed E-state index contributed by atoms with van der Waals surface area (Å²) in [5.41, 5.74) is 1.66. The third kappa shape index (κ3) is 2.11. The molecule has 0 N–H and O–H groups in total. The highest BCUT2D eigenvalue weighted by molar-refractivity contribution is 9.10. The number of nitrogens with zero attached hydrogens (tertiary/aromatic N) is 7. The fraction of sp³-hybridized carbons (Fsp3) is 0.0833. The maximum absolute atomic E-state index is 5.32. The van der Waals surface area contributed by atoms with Crippen LogP contribution in [0.1, 0.15) is 5.82 Å². The average molecular weight is 346 g/mol. The van der Waals surface area contributed by atoms with E-state index in [-0.39, 0.29) is 0 Å². The topological polar surface area (TPSA) is 86.9 Å². The summed E-state index contributed by atoms with van der Waals surface area (Å²) >= 11 is 3.51. The molecule has 104 valence electrons. The van der Waals surface area contributed by atoms with Gasteiger partial charge in [-0.2, -0.15) is 10.1 Å². The Labute approximate surface area is 126 Å². The lowest BCUT2D eigenvalue weighted by molar-refractivity contribution is 0.418. The first kappa shape index (κ1) is 12.2. The number of pyridine rings is 1. The minimum atomic E-state index is 0.407. The molecule has 0 radical (unpaired) electrons. The van der Waals surface area contributed by atoms with Crippen LogP contribution in [0.4, 0.5) is 0 Å². The highest BCUT2D eigenvalue weighted by Crippen LogP contribution is 2.28. The Kier molecular flexibility index (Phi) is 2.78. The van der Waals surface area contributed by atoms with Gasteiger partial charge < -0.3 is 4.52 Å². The molecule has 0 saturated heterocycles. The molecule has 4 heterocycles. The minimum Gasteiger partial charge on any atom is -0.334 e. The van der Waals surface area contributed by atoms with E-state index >= 15 is 0 Å².